The molecule has 1 heterocycles. The number of thiazole rings is 1. The van der Waals surface area contributed by atoms with Crippen LogP contribution in [0, 0.1) is 0 Å². The number of hydrogen-bond acceptors (Lipinski definition) is 3. The molecule has 0 atom stereocenters. The number of aryl methyl sites for hydroxylation is 1. The lowest BCUT2D eigenvalue weighted by Crippen LogP contribution is -2.18. The van der Waals surface area contributed by atoms with Gasteiger partial charge in [-0.1, -0.05) is 65.4 Å². The third-order valence-corrected chi connectivity index (χ3v) is 6.47. The van der Waals surface area contributed by atoms with Crippen LogP contribution in [0.5, 0.6) is 0 Å². The Labute approximate surface area is 182 Å². The topological polar surface area (TPSA) is 34.4 Å². The predicted octanol–water partition coefficient (Wildman–Crippen LogP) is 6.13. The van der Waals surface area contributed by atoms with E-state index in [0.29, 0.717) is 15.4 Å². The van der Waals surface area contributed by atoms with Crippen LogP contribution in [-0.4, -0.2) is 22.5 Å². The zero-order valence-corrected chi connectivity index (χ0v) is 18.2. The van der Waals surface area contributed by atoms with E-state index >= 15 is 0 Å². The van der Waals surface area contributed by atoms with Gasteiger partial charge in [0, 0.05) is 22.9 Å². The summed E-state index contributed by atoms with van der Waals surface area (Å²) in [6.45, 7) is 0.794. The highest BCUT2D eigenvalue weighted by Crippen LogP contribution is 2.23. The first-order valence-electron chi connectivity index (χ1n) is 9.18. The highest BCUT2D eigenvalue weighted by Gasteiger charge is 2.10. The largest absolute Gasteiger partial charge is 0.316 e. The van der Waals surface area contributed by atoms with Gasteiger partial charge in [0.2, 0.25) is 0 Å². The lowest BCUT2D eigenvalue weighted by Gasteiger charge is -2.04. The molecule has 0 aliphatic carbocycles. The zero-order valence-electron chi connectivity index (χ0n) is 15.8. The predicted molar refractivity (Wildman–Crippen MR) is 125 cm³/mol. The van der Waals surface area contributed by atoms with Gasteiger partial charge in [0.1, 0.15) is 0 Å². The van der Waals surface area contributed by atoms with Gasteiger partial charge < -0.3 is 4.57 Å². The number of aromatic nitrogens is 1. The van der Waals surface area contributed by atoms with Crippen LogP contribution in [0.25, 0.3) is 21.3 Å². The van der Waals surface area contributed by atoms with Gasteiger partial charge in [0.25, 0.3) is 5.91 Å². The molecule has 0 bridgehead atoms. The third-order valence-electron chi connectivity index (χ3n) is 4.60. The number of amides is 1. The normalized spacial score (nSPS) is 11.9. The molecule has 1 amide bonds. The smallest absolute Gasteiger partial charge is 0.279 e. The van der Waals surface area contributed by atoms with Gasteiger partial charge in [-0.05, 0) is 47.7 Å². The fourth-order valence-corrected chi connectivity index (χ4v) is 4.81. The number of thioether (sulfide) groups is 1. The molecule has 6 heteroatoms. The number of halogens is 1. The maximum absolute atomic E-state index is 12.8. The second-order valence-electron chi connectivity index (χ2n) is 6.50. The minimum atomic E-state index is -0.236. The van der Waals surface area contributed by atoms with Gasteiger partial charge in [-0.25, -0.2) is 0 Å². The number of carbonyl (C=O) groups excluding carboxylic acids is 1. The number of carbonyl (C=O) groups is 1. The Morgan fingerprint density at radius 1 is 1.03 bits per heavy atom. The Hall–Kier alpha value is -2.34. The summed E-state index contributed by atoms with van der Waals surface area (Å²) in [6, 6.07) is 23.5. The van der Waals surface area contributed by atoms with E-state index in [-0.39, 0.29) is 5.91 Å². The van der Waals surface area contributed by atoms with Crippen molar-refractivity contribution in [2.24, 2.45) is 4.99 Å². The molecule has 0 aliphatic rings. The zero-order chi connectivity index (χ0) is 20.2. The molecule has 4 aromatic rings. The minimum absolute atomic E-state index is 0.236. The van der Waals surface area contributed by atoms with Crippen LogP contribution >= 0.6 is 34.7 Å². The molecule has 1 aromatic heterocycles. The monoisotopic (exact) mass is 438 g/mol. The molecular weight excluding hydrogens is 420 g/mol. The Morgan fingerprint density at radius 2 is 1.76 bits per heavy atom. The van der Waals surface area contributed by atoms with Crippen molar-refractivity contribution in [3.63, 3.8) is 0 Å². The van der Waals surface area contributed by atoms with Crippen LogP contribution in [0.15, 0.2) is 77.8 Å². The van der Waals surface area contributed by atoms with Crippen molar-refractivity contribution in [1.82, 2.24) is 4.57 Å². The summed E-state index contributed by atoms with van der Waals surface area (Å²) in [5.41, 5.74) is 3.84. The van der Waals surface area contributed by atoms with E-state index in [1.54, 1.807) is 11.8 Å². The highest BCUT2D eigenvalue weighted by atomic mass is 35.5. The first-order valence-corrected chi connectivity index (χ1v) is 11.8. The summed E-state index contributed by atoms with van der Waals surface area (Å²) in [5.74, 6) is 0.710. The van der Waals surface area contributed by atoms with Gasteiger partial charge in [-0.3, -0.25) is 4.79 Å². The van der Waals surface area contributed by atoms with Crippen LogP contribution in [0.1, 0.15) is 10.4 Å². The second kappa shape index (κ2) is 8.99. The van der Waals surface area contributed by atoms with Crippen molar-refractivity contribution in [3.8, 4) is 11.1 Å². The number of rotatable bonds is 5. The third kappa shape index (κ3) is 4.47. The molecule has 0 aliphatic heterocycles. The molecule has 4 rings (SSSR count). The minimum Gasteiger partial charge on any atom is -0.316 e. The SMILES string of the molecule is CSCCn1c(=NC(=O)c2ccc(-c3ccccc3)cc2)sc2cc(Cl)ccc21. The number of benzene rings is 3. The van der Waals surface area contributed by atoms with Crippen LogP contribution in [0.2, 0.25) is 5.02 Å². The molecule has 0 saturated heterocycles. The standard InChI is InChI=1S/C23H19ClN2OS2/c1-28-14-13-26-20-12-11-19(24)15-21(20)29-23(26)25-22(27)18-9-7-17(8-10-18)16-5-3-2-4-6-16/h2-12,15H,13-14H2,1H3. The lowest BCUT2D eigenvalue weighted by atomic mass is 10.0. The molecule has 0 N–H and O–H groups in total. The van der Waals surface area contributed by atoms with Crippen LogP contribution in [0.4, 0.5) is 0 Å². The van der Waals surface area contributed by atoms with E-state index < -0.39 is 0 Å². The Morgan fingerprint density at radius 3 is 2.48 bits per heavy atom. The first-order chi connectivity index (χ1) is 14.2. The summed E-state index contributed by atoms with van der Waals surface area (Å²) in [5, 5.41) is 0.685. The molecular formula is C23H19ClN2OS2. The maximum atomic E-state index is 12.8. The van der Waals surface area contributed by atoms with Crippen molar-refractivity contribution in [2.45, 2.75) is 6.54 Å². The molecule has 0 fully saturated rings. The van der Waals surface area contributed by atoms with Gasteiger partial charge in [0.05, 0.1) is 10.2 Å². The van der Waals surface area contributed by atoms with Gasteiger partial charge in [-0.15, -0.1) is 0 Å². The molecule has 29 heavy (non-hydrogen) atoms. The molecule has 0 radical (unpaired) electrons. The van der Waals surface area contributed by atoms with Gasteiger partial charge in [-0.2, -0.15) is 16.8 Å². The Balaban J connectivity index is 1.70. The fraction of sp³-hybridized carbons (Fsp3) is 0.130. The maximum Gasteiger partial charge on any atom is 0.279 e. The number of fused-ring (bicyclic) bond motifs is 1. The molecule has 0 unspecified atom stereocenters. The highest BCUT2D eigenvalue weighted by molar-refractivity contribution is 7.98. The van der Waals surface area contributed by atoms with E-state index in [2.05, 4.69) is 27.9 Å². The second-order valence-corrected chi connectivity index (χ2v) is 8.93. The summed E-state index contributed by atoms with van der Waals surface area (Å²) in [4.78, 5) is 18.0. The average molecular weight is 439 g/mol. The van der Waals surface area contributed by atoms with Crippen molar-refractivity contribution < 1.29 is 4.79 Å². The van der Waals surface area contributed by atoms with E-state index in [0.717, 1.165) is 33.6 Å². The molecule has 3 nitrogen and oxygen atoms in total. The molecule has 0 saturated carbocycles. The lowest BCUT2D eigenvalue weighted by molar-refractivity contribution is 0.0998. The number of nitrogens with zero attached hydrogens (tertiary/aromatic N) is 2. The number of hydrogen-bond donors (Lipinski definition) is 0. The van der Waals surface area contributed by atoms with Gasteiger partial charge >= 0.3 is 0 Å². The molecule has 3 aromatic carbocycles. The Kier molecular flexibility index (Phi) is 6.19. The van der Waals surface area contributed by atoms with Crippen molar-refractivity contribution in [2.75, 3.05) is 12.0 Å². The van der Waals surface area contributed by atoms with Crippen LogP contribution < -0.4 is 4.80 Å². The quantitative estimate of drug-likeness (QED) is 0.375. The van der Waals surface area contributed by atoms with Crippen LogP contribution in [-0.2, 0) is 6.54 Å². The molecule has 146 valence electrons. The summed E-state index contributed by atoms with van der Waals surface area (Å²) >= 11 is 9.41. The molecule has 0 spiro atoms. The first kappa shape index (κ1) is 20.0. The van der Waals surface area contributed by atoms with Crippen molar-refractivity contribution >= 4 is 50.8 Å². The van der Waals surface area contributed by atoms with Crippen molar-refractivity contribution in [3.05, 3.63) is 88.2 Å². The Bertz CT molecular complexity index is 1210. The van der Waals surface area contributed by atoms with Crippen molar-refractivity contribution in [1.29, 1.82) is 0 Å². The summed E-state index contributed by atoms with van der Waals surface area (Å²) in [7, 11) is 0. The van der Waals surface area contributed by atoms with E-state index in [1.165, 1.54) is 11.3 Å². The van der Waals surface area contributed by atoms with E-state index in [1.807, 2.05) is 60.7 Å². The van der Waals surface area contributed by atoms with E-state index in [9.17, 15) is 4.79 Å². The van der Waals surface area contributed by atoms with Gasteiger partial charge in [0.15, 0.2) is 4.80 Å². The average Bonchev–Trinajstić information content (AvgIpc) is 3.08. The van der Waals surface area contributed by atoms with Crippen LogP contribution in [0.3, 0.4) is 0 Å². The fourth-order valence-electron chi connectivity index (χ4n) is 3.12. The summed E-state index contributed by atoms with van der Waals surface area (Å²) in [6.07, 6.45) is 2.07. The van der Waals surface area contributed by atoms with E-state index in [4.69, 9.17) is 11.6 Å². The summed E-state index contributed by atoms with van der Waals surface area (Å²) < 4.78 is 3.13.